The van der Waals surface area contributed by atoms with Gasteiger partial charge in [-0.2, -0.15) is 0 Å². The second-order valence-electron chi connectivity index (χ2n) is 13.3. The number of ether oxygens (including phenoxy) is 2. The second-order valence-corrected chi connectivity index (χ2v) is 14.2. The maximum absolute atomic E-state index is 6.84. The van der Waals surface area contributed by atoms with Crippen molar-refractivity contribution in [3.63, 3.8) is 0 Å². The van der Waals surface area contributed by atoms with Crippen molar-refractivity contribution in [2.45, 2.75) is 79.1 Å². The number of halogens is 2. The lowest BCUT2D eigenvalue weighted by Gasteiger charge is -2.24. The Hall–Kier alpha value is -3.46. The van der Waals surface area contributed by atoms with Crippen molar-refractivity contribution in [3.8, 4) is 22.6 Å². The lowest BCUT2D eigenvalue weighted by Crippen LogP contribution is -2.12. The van der Waals surface area contributed by atoms with Crippen LogP contribution in [0.2, 0.25) is 10.0 Å². The first-order valence-electron chi connectivity index (χ1n) is 18.0. The molecule has 0 amide bonds. The molecule has 0 spiro atoms. The minimum absolute atomic E-state index is 0.516. The average Bonchev–Trinajstić information content (AvgIpc) is 3.11. The van der Waals surface area contributed by atoms with Crippen molar-refractivity contribution in [2.24, 2.45) is 11.8 Å². The zero-order valence-corrected chi connectivity index (χ0v) is 30.4. The van der Waals surface area contributed by atoms with Crippen LogP contribution < -0.4 is 9.47 Å². The molecular formula is C44H48Cl2O2. The van der Waals surface area contributed by atoms with Crippen molar-refractivity contribution in [1.29, 1.82) is 0 Å². The van der Waals surface area contributed by atoms with E-state index in [1.165, 1.54) is 38.5 Å². The molecule has 0 bridgehead atoms. The van der Waals surface area contributed by atoms with E-state index >= 15 is 0 Å². The fourth-order valence-electron chi connectivity index (χ4n) is 7.27. The van der Waals surface area contributed by atoms with E-state index in [4.69, 9.17) is 32.7 Å². The number of rotatable bonds is 15. The van der Waals surface area contributed by atoms with Gasteiger partial charge in [-0.1, -0.05) is 138 Å². The Morgan fingerprint density at radius 2 is 0.854 bits per heavy atom. The molecule has 0 aromatic heterocycles. The molecule has 0 fully saturated rings. The van der Waals surface area contributed by atoms with Crippen LogP contribution in [0.25, 0.3) is 54.2 Å². The molecule has 0 heterocycles. The summed E-state index contributed by atoms with van der Waals surface area (Å²) in [6.45, 7) is 10.4. The van der Waals surface area contributed by atoms with Gasteiger partial charge in [0.2, 0.25) is 0 Å². The third-order valence-electron chi connectivity index (χ3n) is 10.1. The molecule has 0 aliphatic rings. The molecule has 2 unspecified atom stereocenters. The monoisotopic (exact) mass is 678 g/mol. The van der Waals surface area contributed by atoms with Gasteiger partial charge in [0, 0.05) is 31.6 Å². The zero-order chi connectivity index (χ0) is 33.6. The Balaban J connectivity index is 1.63. The second kappa shape index (κ2) is 15.8. The van der Waals surface area contributed by atoms with E-state index < -0.39 is 0 Å². The highest BCUT2D eigenvalue weighted by Gasteiger charge is 2.24. The Labute approximate surface area is 296 Å². The van der Waals surface area contributed by atoms with Crippen LogP contribution in [0.4, 0.5) is 0 Å². The molecule has 4 heteroatoms. The largest absolute Gasteiger partial charge is 0.492 e. The predicted octanol–water partition coefficient (Wildman–Crippen LogP) is 14.5. The molecule has 2 nitrogen and oxygen atoms in total. The molecule has 2 atom stereocenters. The number of hydrogen-bond donors (Lipinski definition) is 0. The minimum atomic E-state index is 0.516. The van der Waals surface area contributed by atoms with Crippen molar-refractivity contribution in [1.82, 2.24) is 0 Å². The summed E-state index contributed by atoms with van der Waals surface area (Å²) < 4.78 is 13.7. The molecule has 0 N–H and O–H groups in total. The highest BCUT2D eigenvalue weighted by atomic mass is 35.5. The van der Waals surface area contributed by atoms with E-state index in [1.807, 2.05) is 12.1 Å². The van der Waals surface area contributed by atoms with Crippen LogP contribution in [-0.2, 0) is 0 Å². The first kappa shape index (κ1) is 34.4. The number of benzene rings is 6. The SMILES string of the molecule is CCCCC(CC)COc1c2ccccc2c(-c2c3ccccc3c(OCC(CC)CCCC)c3ccc(Cl)cc23)c2cc(Cl)ccc12. The van der Waals surface area contributed by atoms with Crippen LogP contribution in [0.15, 0.2) is 84.9 Å². The summed E-state index contributed by atoms with van der Waals surface area (Å²) in [4.78, 5) is 0. The van der Waals surface area contributed by atoms with Crippen LogP contribution >= 0.6 is 23.2 Å². The Kier molecular flexibility index (Phi) is 11.3. The van der Waals surface area contributed by atoms with Crippen LogP contribution in [0.5, 0.6) is 11.5 Å². The quantitative estimate of drug-likeness (QED) is 0.101. The third-order valence-corrected chi connectivity index (χ3v) is 10.6. The van der Waals surface area contributed by atoms with Gasteiger partial charge in [0.15, 0.2) is 0 Å². The molecule has 0 aliphatic heterocycles. The standard InChI is InChI=1S/C44H48Cl2O2/c1-5-9-15-29(7-3)27-47-43-35-19-13-11-17-33(35)41(39-25-31(45)21-23-37(39)43)42-34-18-12-14-20-36(34)44(38-24-22-32(46)26-40(38)42)48-28-30(8-4)16-10-6-2/h11-14,17-26,29-30H,5-10,15-16,27-28H2,1-4H3. The van der Waals surface area contributed by atoms with Gasteiger partial charge in [0.1, 0.15) is 11.5 Å². The van der Waals surface area contributed by atoms with Gasteiger partial charge in [-0.15, -0.1) is 0 Å². The maximum atomic E-state index is 6.84. The molecule has 48 heavy (non-hydrogen) atoms. The fraction of sp³-hybridized carbons (Fsp3) is 0.364. The summed E-state index contributed by atoms with van der Waals surface area (Å²) >= 11 is 13.6. The molecule has 6 rings (SSSR count). The Bertz CT molecular complexity index is 1880. The van der Waals surface area contributed by atoms with Crippen molar-refractivity contribution in [2.75, 3.05) is 13.2 Å². The van der Waals surface area contributed by atoms with Crippen LogP contribution in [0.3, 0.4) is 0 Å². The maximum Gasteiger partial charge on any atom is 0.134 e. The van der Waals surface area contributed by atoms with Gasteiger partial charge in [-0.25, -0.2) is 0 Å². The van der Waals surface area contributed by atoms with Gasteiger partial charge in [0.25, 0.3) is 0 Å². The Morgan fingerprint density at radius 3 is 1.23 bits per heavy atom. The molecule has 0 saturated heterocycles. The summed E-state index contributed by atoms with van der Waals surface area (Å²) in [5, 5.41) is 10.2. The van der Waals surface area contributed by atoms with E-state index in [-0.39, 0.29) is 0 Å². The zero-order valence-electron chi connectivity index (χ0n) is 28.9. The molecular weight excluding hydrogens is 631 g/mol. The number of unbranched alkanes of at least 4 members (excludes halogenated alkanes) is 2. The minimum Gasteiger partial charge on any atom is -0.492 e. The highest BCUT2D eigenvalue weighted by Crippen LogP contribution is 2.50. The first-order chi connectivity index (χ1) is 23.5. The molecule has 0 radical (unpaired) electrons. The van der Waals surface area contributed by atoms with Gasteiger partial charge in [-0.3, -0.25) is 0 Å². The van der Waals surface area contributed by atoms with Crippen LogP contribution in [-0.4, -0.2) is 13.2 Å². The molecule has 0 aliphatic carbocycles. The lowest BCUT2D eigenvalue weighted by molar-refractivity contribution is 0.238. The lowest BCUT2D eigenvalue weighted by atomic mass is 9.85. The molecule has 250 valence electrons. The van der Waals surface area contributed by atoms with E-state index in [1.54, 1.807) is 0 Å². The third kappa shape index (κ3) is 6.98. The first-order valence-corrected chi connectivity index (χ1v) is 18.8. The van der Waals surface area contributed by atoms with E-state index in [9.17, 15) is 0 Å². The normalized spacial score (nSPS) is 13.0. The summed E-state index contributed by atoms with van der Waals surface area (Å²) in [5.41, 5.74) is 2.27. The van der Waals surface area contributed by atoms with E-state index in [2.05, 4.69) is 100 Å². The molecule has 6 aromatic carbocycles. The highest BCUT2D eigenvalue weighted by molar-refractivity contribution is 6.34. The smallest absolute Gasteiger partial charge is 0.134 e. The summed E-state index contributed by atoms with van der Waals surface area (Å²) in [5.74, 6) is 2.89. The summed E-state index contributed by atoms with van der Waals surface area (Å²) in [6, 6.07) is 29.8. The van der Waals surface area contributed by atoms with E-state index in [0.717, 1.165) is 78.6 Å². The van der Waals surface area contributed by atoms with Gasteiger partial charge < -0.3 is 9.47 Å². The molecule has 0 saturated carbocycles. The number of hydrogen-bond acceptors (Lipinski definition) is 2. The van der Waals surface area contributed by atoms with Crippen molar-refractivity contribution in [3.05, 3.63) is 95.0 Å². The predicted molar refractivity (Wildman–Crippen MR) is 210 cm³/mol. The van der Waals surface area contributed by atoms with Crippen molar-refractivity contribution < 1.29 is 9.47 Å². The van der Waals surface area contributed by atoms with Crippen LogP contribution in [0.1, 0.15) is 79.1 Å². The number of fused-ring (bicyclic) bond motifs is 4. The summed E-state index contributed by atoms with van der Waals surface area (Å²) in [7, 11) is 0. The topological polar surface area (TPSA) is 18.5 Å². The fourth-order valence-corrected chi connectivity index (χ4v) is 7.61. The van der Waals surface area contributed by atoms with Gasteiger partial charge in [-0.05, 0) is 93.7 Å². The Morgan fingerprint density at radius 1 is 0.479 bits per heavy atom. The van der Waals surface area contributed by atoms with Crippen LogP contribution in [0, 0.1) is 11.8 Å². The van der Waals surface area contributed by atoms with Gasteiger partial charge in [0.05, 0.1) is 13.2 Å². The van der Waals surface area contributed by atoms with Gasteiger partial charge >= 0.3 is 0 Å². The molecule has 6 aromatic rings. The summed E-state index contributed by atoms with van der Waals surface area (Å²) in [6.07, 6.45) is 9.40. The van der Waals surface area contributed by atoms with Crippen molar-refractivity contribution >= 4 is 66.3 Å². The average molecular weight is 680 g/mol. The van der Waals surface area contributed by atoms with E-state index in [0.29, 0.717) is 35.1 Å².